The molecule has 0 amide bonds. The third kappa shape index (κ3) is 1.31. The summed E-state index contributed by atoms with van der Waals surface area (Å²) in [5, 5.41) is 9.71. The lowest BCUT2D eigenvalue weighted by atomic mass is 10.5. The van der Waals surface area contributed by atoms with E-state index in [1.807, 2.05) is 24.5 Å². The van der Waals surface area contributed by atoms with Gasteiger partial charge in [0, 0.05) is 25.2 Å². The van der Waals surface area contributed by atoms with E-state index in [0.717, 1.165) is 24.1 Å². The van der Waals surface area contributed by atoms with Crippen LogP contribution in [-0.2, 0) is 6.54 Å². The highest BCUT2D eigenvalue weighted by molar-refractivity contribution is 5.84. The maximum Gasteiger partial charge on any atom is 0.212 e. The molecule has 2 heterocycles. The fourth-order valence-corrected chi connectivity index (χ4v) is 1.89. The van der Waals surface area contributed by atoms with Gasteiger partial charge in [-0.1, -0.05) is 0 Å². The molecule has 0 atom stereocenters. The van der Waals surface area contributed by atoms with Crippen molar-refractivity contribution in [3.8, 4) is 5.88 Å². The quantitative estimate of drug-likeness (QED) is 0.712. The largest absolute Gasteiger partial charge is 0.493 e. The van der Waals surface area contributed by atoms with Crippen molar-refractivity contribution in [3.63, 3.8) is 0 Å². The van der Waals surface area contributed by atoms with Crippen LogP contribution in [0.3, 0.4) is 0 Å². The molecule has 2 aromatic rings. The van der Waals surface area contributed by atoms with E-state index in [-0.39, 0.29) is 5.88 Å². The van der Waals surface area contributed by atoms with Crippen molar-refractivity contribution in [2.24, 2.45) is 0 Å². The molecule has 0 radical (unpaired) electrons. The molecule has 2 rings (SSSR count). The van der Waals surface area contributed by atoms with E-state index in [0.29, 0.717) is 5.82 Å². The number of nitrogen functional groups attached to an aromatic ring is 1. The predicted octanol–water partition coefficient (Wildman–Crippen LogP) is 1.31. The molecule has 0 saturated carbocycles. The van der Waals surface area contributed by atoms with Gasteiger partial charge in [-0.3, -0.25) is 0 Å². The zero-order chi connectivity index (χ0) is 11.0. The van der Waals surface area contributed by atoms with Gasteiger partial charge in [-0.05, 0) is 13.8 Å². The Bertz CT molecular complexity index is 483. The highest BCUT2D eigenvalue weighted by atomic mass is 16.3. The van der Waals surface area contributed by atoms with Gasteiger partial charge < -0.3 is 20.8 Å². The second kappa shape index (κ2) is 3.42. The number of anilines is 1. The minimum Gasteiger partial charge on any atom is -0.493 e. The van der Waals surface area contributed by atoms with Crippen molar-refractivity contribution in [2.75, 3.05) is 17.7 Å². The number of fused-ring (bicyclic) bond motifs is 1. The van der Waals surface area contributed by atoms with Gasteiger partial charge in [-0.25, -0.2) is 4.68 Å². The van der Waals surface area contributed by atoms with E-state index in [1.54, 1.807) is 10.7 Å². The summed E-state index contributed by atoms with van der Waals surface area (Å²) in [6.45, 7) is 5.54. The summed E-state index contributed by atoms with van der Waals surface area (Å²) in [5.74, 6) is 0.929. The number of nitrogens with two attached hydrogens (primary N) is 1. The third-order valence-electron chi connectivity index (χ3n) is 2.52. The van der Waals surface area contributed by atoms with Crippen molar-refractivity contribution in [2.45, 2.75) is 20.4 Å². The molecule has 0 aliphatic carbocycles. The molecule has 0 bridgehead atoms. The van der Waals surface area contributed by atoms with Crippen LogP contribution < -0.4 is 11.2 Å². The molecule has 15 heavy (non-hydrogen) atoms. The van der Waals surface area contributed by atoms with Crippen molar-refractivity contribution in [1.82, 2.24) is 9.24 Å². The topological polar surface area (TPSA) is 68.1 Å². The fraction of sp³-hybridized carbons (Fsp3) is 0.400. The van der Waals surface area contributed by atoms with E-state index in [1.165, 1.54) is 0 Å². The van der Waals surface area contributed by atoms with Crippen LogP contribution in [0.4, 0.5) is 5.82 Å². The van der Waals surface area contributed by atoms with Crippen molar-refractivity contribution < 1.29 is 5.11 Å². The number of aromatic hydroxyl groups is 1. The summed E-state index contributed by atoms with van der Waals surface area (Å²) in [6, 6.07) is 3.58. The Kier molecular flexibility index (Phi) is 2.22. The van der Waals surface area contributed by atoms with Crippen molar-refractivity contribution in [3.05, 3.63) is 12.1 Å². The zero-order valence-electron chi connectivity index (χ0n) is 8.99. The number of aryl methyl sites for hydroxylation is 1. The van der Waals surface area contributed by atoms with Gasteiger partial charge in [0.05, 0.1) is 11.0 Å². The number of nitrogens with one attached hydrogen (secondary N) is 1. The third-order valence-corrected chi connectivity index (χ3v) is 2.52. The van der Waals surface area contributed by atoms with Gasteiger partial charge in [0.15, 0.2) is 0 Å². The first-order chi connectivity index (χ1) is 7.19. The Morgan fingerprint density at radius 3 is 2.67 bits per heavy atom. The van der Waals surface area contributed by atoms with E-state index >= 15 is 0 Å². The first kappa shape index (κ1) is 9.76. The SMILES string of the molecule is CCNn1c(O)cc2c1cc(N)n2CC. The van der Waals surface area contributed by atoms with Crippen LogP contribution in [0, 0.1) is 0 Å². The lowest BCUT2D eigenvalue weighted by Gasteiger charge is -2.05. The second-order valence-corrected chi connectivity index (χ2v) is 3.43. The zero-order valence-corrected chi connectivity index (χ0v) is 8.99. The van der Waals surface area contributed by atoms with E-state index < -0.39 is 0 Å². The summed E-state index contributed by atoms with van der Waals surface area (Å²) in [5.41, 5.74) is 10.8. The highest BCUT2D eigenvalue weighted by Crippen LogP contribution is 2.27. The Morgan fingerprint density at radius 1 is 1.33 bits per heavy atom. The van der Waals surface area contributed by atoms with E-state index in [9.17, 15) is 5.11 Å². The van der Waals surface area contributed by atoms with Crippen LogP contribution in [0.15, 0.2) is 12.1 Å². The number of nitrogens with zero attached hydrogens (tertiary/aromatic N) is 2. The molecule has 0 aromatic carbocycles. The average Bonchev–Trinajstić information content (AvgIpc) is 2.64. The normalized spacial score (nSPS) is 11.1. The molecule has 0 unspecified atom stereocenters. The fourth-order valence-electron chi connectivity index (χ4n) is 1.89. The molecule has 0 saturated heterocycles. The van der Waals surface area contributed by atoms with E-state index in [2.05, 4.69) is 5.43 Å². The second-order valence-electron chi connectivity index (χ2n) is 3.43. The molecule has 2 aromatic heterocycles. The maximum atomic E-state index is 9.71. The number of aromatic nitrogens is 2. The minimum absolute atomic E-state index is 0.212. The van der Waals surface area contributed by atoms with Crippen LogP contribution in [-0.4, -0.2) is 20.9 Å². The van der Waals surface area contributed by atoms with Gasteiger partial charge in [0.1, 0.15) is 5.82 Å². The summed E-state index contributed by atoms with van der Waals surface area (Å²) in [4.78, 5) is 0. The first-order valence-corrected chi connectivity index (χ1v) is 5.12. The van der Waals surface area contributed by atoms with Crippen LogP contribution in [0.1, 0.15) is 13.8 Å². The summed E-state index contributed by atoms with van der Waals surface area (Å²) < 4.78 is 3.61. The average molecular weight is 208 g/mol. The Hall–Kier alpha value is -1.78. The summed E-state index contributed by atoms with van der Waals surface area (Å²) >= 11 is 0. The Balaban J connectivity index is 2.66. The number of hydrogen-bond acceptors (Lipinski definition) is 3. The van der Waals surface area contributed by atoms with Crippen LogP contribution >= 0.6 is 0 Å². The highest BCUT2D eigenvalue weighted by Gasteiger charge is 2.13. The summed E-state index contributed by atoms with van der Waals surface area (Å²) in [7, 11) is 0. The first-order valence-electron chi connectivity index (χ1n) is 5.12. The van der Waals surface area contributed by atoms with Gasteiger partial charge >= 0.3 is 0 Å². The van der Waals surface area contributed by atoms with Gasteiger partial charge in [-0.2, -0.15) is 0 Å². The molecule has 4 N–H and O–H groups in total. The molecule has 5 heteroatoms. The molecule has 0 spiro atoms. The Morgan fingerprint density at radius 2 is 2.07 bits per heavy atom. The summed E-state index contributed by atoms with van der Waals surface area (Å²) in [6.07, 6.45) is 0. The number of rotatable bonds is 3. The van der Waals surface area contributed by atoms with Crippen molar-refractivity contribution >= 4 is 16.9 Å². The van der Waals surface area contributed by atoms with Crippen LogP contribution in [0.5, 0.6) is 5.88 Å². The predicted molar refractivity (Wildman–Crippen MR) is 61.6 cm³/mol. The monoisotopic (exact) mass is 208 g/mol. The van der Waals surface area contributed by atoms with Crippen molar-refractivity contribution in [1.29, 1.82) is 0 Å². The molecule has 5 nitrogen and oxygen atoms in total. The molecule has 0 aliphatic heterocycles. The molecule has 0 aliphatic rings. The van der Waals surface area contributed by atoms with Gasteiger partial charge in [-0.15, -0.1) is 0 Å². The Labute approximate surface area is 88.1 Å². The maximum absolute atomic E-state index is 9.71. The molecular formula is C10H16N4O. The van der Waals surface area contributed by atoms with Gasteiger partial charge in [0.2, 0.25) is 5.88 Å². The van der Waals surface area contributed by atoms with Crippen LogP contribution in [0.25, 0.3) is 11.0 Å². The number of hydrogen-bond donors (Lipinski definition) is 3. The van der Waals surface area contributed by atoms with E-state index in [4.69, 9.17) is 5.73 Å². The molecule has 82 valence electrons. The standard InChI is InChI=1S/C10H16N4O/c1-3-12-14-8-5-9(11)13(4-2)7(8)6-10(14)15/h5-6,12,15H,3-4,11H2,1-2H3. The minimum atomic E-state index is 0.212. The lowest BCUT2D eigenvalue weighted by molar-refractivity contribution is 0.436. The smallest absolute Gasteiger partial charge is 0.212 e. The lowest BCUT2D eigenvalue weighted by Crippen LogP contribution is -2.12. The molecule has 0 fully saturated rings. The van der Waals surface area contributed by atoms with Gasteiger partial charge in [0.25, 0.3) is 0 Å². The molecular weight excluding hydrogens is 192 g/mol. The van der Waals surface area contributed by atoms with Crippen LogP contribution in [0.2, 0.25) is 0 Å².